The first-order valence-corrected chi connectivity index (χ1v) is 11.5. The van der Waals surface area contributed by atoms with Crippen molar-refractivity contribution in [2.24, 2.45) is 10.7 Å². The summed E-state index contributed by atoms with van der Waals surface area (Å²) in [6.45, 7) is 2.45. The van der Waals surface area contributed by atoms with Crippen molar-refractivity contribution < 1.29 is 14.3 Å². The highest BCUT2D eigenvalue weighted by Crippen LogP contribution is 2.38. The lowest BCUT2D eigenvalue weighted by Gasteiger charge is -2.38. The van der Waals surface area contributed by atoms with Gasteiger partial charge in [0.2, 0.25) is 5.91 Å². The lowest BCUT2D eigenvalue weighted by atomic mass is 9.94. The van der Waals surface area contributed by atoms with Gasteiger partial charge in [0.1, 0.15) is 5.75 Å². The number of nitrogens with two attached hydrogens (primary N) is 1. The molecule has 0 saturated carbocycles. The van der Waals surface area contributed by atoms with Gasteiger partial charge in [-0.25, -0.2) is 4.99 Å². The lowest BCUT2D eigenvalue weighted by Crippen LogP contribution is -2.50. The zero-order valence-electron chi connectivity index (χ0n) is 18.7. The molecular weight excluding hydrogens is 416 g/mol. The summed E-state index contributed by atoms with van der Waals surface area (Å²) in [5.74, 6) is 0.705. The van der Waals surface area contributed by atoms with Crippen LogP contribution in [0.15, 0.2) is 53.5 Å². The maximum absolute atomic E-state index is 13.1. The van der Waals surface area contributed by atoms with Gasteiger partial charge in [0, 0.05) is 24.0 Å². The third-order valence-corrected chi connectivity index (χ3v) is 6.57. The number of fused-ring (bicyclic) bond motifs is 5. The monoisotopic (exact) mass is 444 g/mol. The van der Waals surface area contributed by atoms with Gasteiger partial charge in [0.15, 0.2) is 5.96 Å². The molecule has 3 atom stereocenters. The Morgan fingerprint density at radius 2 is 2.03 bits per heavy atom. The minimum atomic E-state index is -0.299. The number of aliphatic imine (C=N–C) groups is 1. The number of carbonyl (C=O) groups excluding carboxylic acids is 2. The van der Waals surface area contributed by atoms with Gasteiger partial charge in [0.25, 0.3) is 5.91 Å². The van der Waals surface area contributed by atoms with Crippen LogP contribution in [-0.2, 0) is 4.79 Å². The van der Waals surface area contributed by atoms with Crippen LogP contribution in [0.5, 0.6) is 5.75 Å². The van der Waals surface area contributed by atoms with Crippen LogP contribution in [0.1, 0.15) is 71.7 Å². The van der Waals surface area contributed by atoms with Crippen molar-refractivity contribution in [3.63, 3.8) is 0 Å². The van der Waals surface area contributed by atoms with E-state index >= 15 is 0 Å². The van der Waals surface area contributed by atoms with Gasteiger partial charge in [-0.05, 0) is 55.2 Å². The molecule has 0 radical (unpaired) electrons. The maximum Gasteiger partial charge on any atom is 0.251 e. The summed E-state index contributed by atoms with van der Waals surface area (Å²) < 4.78 is 5.82. The summed E-state index contributed by atoms with van der Waals surface area (Å²) in [5, 5.41) is 3.09. The van der Waals surface area contributed by atoms with Gasteiger partial charge in [0.05, 0.1) is 24.7 Å². The van der Waals surface area contributed by atoms with Gasteiger partial charge in [-0.3, -0.25) is 14.5 Å². The second-order valence-electron chi connectivity index (χ2n) is 8.86. The number of nitrogens with one attached hydrogen (secondary N) is 1. The molecule has 0 fully saturated rings. The van der Waals surface area contributed by atoms with Crippen molar-refractivity contribution >= 4 is 23.8 Å². The zero-order valence-corrected chi connectivity index (χ0v) is 18.7. The highest BCUT2D eigenvalue weighted by atomic mass is 16.5. The average molecular weight is 445 g/mol. The number of hydrogen-bond acceptors (Lipinski definition) is 5. The Morgan fingerprint density at radius 1 is 1.15 bits per heavy atom. The predicted molar refractivity (Wildman–Crippen MR) is 127 cm³/mol. The Kier molecular flexibility index (Phi) is 5.62. The SMILES string of the molecule is CC1NC(=O)c2ccc3c(c2)[C@@H](CCO3)N2C(=O)CC(CC/C=C/c3cccc1c3)N=C2N. The van der Waals surface area contributed by atoms with Gasteiger partial charge < -0.3 is 15.8 Å². The van der Waals surface area contributed by atoms with E-state index in [1.807, 2.05) is 31.2 Å². The molecule has 7 heteroatoms. The van der Waals surface area contributed by atoms with E-state index in [9.17, 15) is 9.59 Å². The first-order chi connectivity index (χ1) is 16.0. The molecule has 0 spiro atoms. The van der Waals surface area contributed by atoms with E-state index < -0.39 is 0 Å². The summed E-state index contributed by atoms with van der Waals surface area (Å²) in [6.07, 6.45) is 6.65. The predicted octanol–water partition coefficient (Wildman–Crippen LogP) is 3.72. The second-order valence-corrected chi connectivity index (χ2v) is 8.86. The summed E-state index contributed by atoms with van der Waals surface area (Å²) in [4.78, 5) is 32.5. The number of benzene rings is 2. The average Bonchev–Trinajstić information content (AvgIpc) is 2.81. The maximum atomic E-state index is 13.1. The molecule has 4 aliphatic rings. The van der Waals surface area contributed by atoms with Crippen molar-refractivity contribution in [1.82, 2.24) is 10.2 Å². The lowest BCUT2D eigenvalue weighted by molar-refractivity contribution is -0.130. The quantitative estimate of drug-likeness (QED) is 0.647. The first kappa shape index (κ1) is 21.2. The molecule has 4 aliphatic heterocycles. The van der Waals surface area contributed by atoms with Gasteiger partial charge >= 0.3 is 0 Å². The van der Waals surface area contributed by atoms with Crippen molar-refractivity contribution in [2.75, 3.05) is 6.61 Å². The molecule has 3 N–H and O–H groups in total. The van der Waals surface area contributed by atoms with E-state index in [0.29, 0.717) is 30.8 Å². The Bertz CT molecular complexity index is 1160. The molecule has 6 bridgehead atoms. The van der Waals surface area contributed by atoms with Crippen LogP contribution < -0.4 is 15.8 Å². The van der Waals surface area contributed by atoms with E-state index in [-0.39, 0.29) is 35.9 Å². The molecule has 6 rings (SSSR count). The molecular formula is C26H28N4O3. The third-order valence-electron chi connectivity index (χ3n) is 6.57. The highest BCUT2D eigenvalue weighted by molar-refractivity contribution is 5.99. The van der Waals surface area contributed by atoms with E-state index in [1.54, 1.807) is 17.0 Å². The number of nitrogens with zero attached hydrogens (tertiary/aromatic N) is 2. The van der Waals surface area contributed by atoms with Crippen LogP contribution >= 0.6 is 0 Å². The number of guanidine groups is 1. The van der Waals surface area contributed by atoms with Gasteiger partial charge in [-0.1, -0.05) is 30.4 Å². The number of carbonyl (C=O) groups is 2. The van der Waals surface area contributed by atoms with Crippen molar-refractivity contribution in [1.29, 1.82) is 0 Å². The van der Waals surface area contributed by atoms with E-state index in [4.69, 9.17) is 10.5 Å². The fourth-order valence-electron chi connectivity index (χ4n) is 4.81. The third kappa shape index (κ3) is 4.23. The molecule has 2 aromatic rings. The molecule has 2 amide bonds. The topological polar surface area (TPSA) is 97.0 Å². The summed E-state index contributed by atoms with van der Waals surface area (Å²) in [5.41, 5.74) is 9.73. The number of hydrogen-bond donors (Lipinski definition) is 2. The van der Waals surface area contributed by atoms with Gasteiger partial charge in [-0.15, -0.1) is 0 Å². The smallest absolute Gasteiger partial charge is 0.251 e. The first-order valence-electron chi connectivity index (χ1n) is 11.5. The van der Waals surface area contributed by atoms with Crippen LogP contribution in [0.4, 0.5) is 0 Å². The molecule has 33 heavy (non-hydrogen) atoms. The van der Waals surface area contributed by atoms with E-state index in [2.05, 4.69) is 28.5 Å². The van der Waals surface area contributed by atoms with Crippen LogP contribution in [0.25, 0.3) is 6.08 Å². The normalized spacial score (nSPS) is 25.9. The van der Waals surface area contributed by atoms with Crippen molar-refractivity contribution in [3.8, 4) is 5.75 Å². The minimum Gasteiger partial charge on any atom is -0.493 e. The zero-order chi connectivity index (χ0) is 22.9. The summed E-state index contributed by atoms with van der Waals surface area (Å²) in [7, 11) is 0. The second kappa shape index (κ2) is 8.73. The van der Waals surface area contributed by atoms with Crippen LogP contribution in [0.3, 0.4) is 0 Å². The van der Waals surface area contributed by atoms with Gasteiger partial charge in [-0.2, -0.15) is 0 Å². The summed E-state index contributed by atoms with van der Waals surface area (Å²) in [6, 6.07) is 12.9. The van der Waals surface area contributed by atoms with Crippen molar-refractivity contribution in [3.05, 3.63) is 70.8 Å². The number of amides is 2. The largest absolute Gasteiger partial charge is 0.493 e. The Labute approximate surface area is 193 Å². The number of allylic oxidation sites excluding steroid dienone is 1. The van der Waals surface area contributed by atoms with Crippen LogP contribution in [0, 0.1) is 0 Å². The molecule has 0 aromatic heterocycles. The molecule has 2 unspecified atom stereocenters. The highest BCUT2D eigenvalue weighted by Gasteiger charge is 2.36. The molecule has 0 saturated heterocycles. The number of rotatable bonds is 0. The molecule has 7 nitrogen and oxygen atoms in total. The Morgan fingerprint density at radius 3 is 2.88 bits per heavy atom. The Hall–Kier alpha value is -3.61. The standard InChI is InChI=1S/C26H28N4O3/c1-16-18-7-4-6-17(13-18)5-2-3-8-20-15-24(31)30(26(27)29-20)22-11-12-33-23-10-9-19(14-21(22)23)25(32)28-16/h2,4-7,9-10,13-14,16,20,22H,3,8,11-12,15H2,1H3,(H2,27,29)(H,28,32)/b5-2+/t16?,20?,22-/m1/s1. The molecule has 4 heterocycles. The van der Waals surface area contributed by atoms with Crippen LogP contribution in [0.2, 0.25) is 0 Å². The molecule has 2 aromatic carbocycles. The molecule has 170 valence electrons. The summed E-state index contributed by atoms with van der Waals surface area (Å²) >= 11 is 0. The minimum absolute atomic E-state index is 0.0355. The number of ether oxygens (including phenoxy) is 1. The van der Waals surface area contributed by atoms with E-state index in [0.717, 1.165) is 29.5 Å². The fourth-order valence-corrected chi connectivity index (χ4v) is 4.81. The fraction of sp³-hybridized carbons (Fsp3) is 0.346. The Balaban J connectivity index is 1.57. The van der Waals surface area contributed by atoms with Crippen molar-refractivity contribution in [2.45, 2.75) is 50.7 Å². The van der Waals surface area contributed by atoms with E-state index in [1.165, 1.54) is 0 Å². The molecule has 0 aliphatic carbocycles. The van der Waals surface area contributed by atoms with Crippen LogP contribution in [-0.4, -0.2) is 35.3 Å².